The molecule has 1 amide bonds. The molecule has 1 atom stereocenters. The van der Waals surface area contributed by atoms with Gasteiger partial charge in [0.2, 0.25) is 5.91 Å². The highest BCUT2D eigenvalue weighted by Crippen LogP contribution is 2.12. The zero-order valence-corrected chi connectivity index (χ0v) is 14.9. The van der Waals surface area contributed by atoms with Crippen LogP contribution >= 0.6 is 27.7 Å². The molecular weight excluding hydrogens is 360 g/mol. The van der Waals surface area contributed by atoms with E-state index in [2.05, 4.69) is 38.4 Å². The summed E-state index contributed by atoms with van der Waals surface area (Å²) in [6, 6.07) is 14.1. The zero-order chi connectivity index (χ0) is 15.8. The third-order valence-electron chi connectivity index (χ3n) is 3.07. The van der Waals surface area contributed by atoms with Crippen molar-refractivity contribution in [2.45, 2.75) is 25.1 Å². The molecule has 22 heavy (non-hydrogen) atoms. The molecule has 0 bridgehead atoms. The number of hydrogen-bond acceptors (Lipinski definition) is 3. The van der Waals surface area contributed by atoms with E-state index in [1.54, 1.807) is 18.0 Å². The van der Waals surface area contributed by atoms with Gasteiger partial charge in [-0.15, -0.1) is 11.8 Å². The number of carbonyl (C=O) groups excluding carboxylic acids is 1. The molecule has 1 heterocycles. The van der Waals surface area contributed by atoms with Gasteiger partial charge in [-0.1, -0.05) is 34.1 Å². The number of aromatic nitrogens is 1. The topological polar surface area (TPSA) is 42.0 Å². The minimum absolute atomic E-state index is 0.0746. The van der Waals surface area contributed by atoms with E-state index < -0.39 is 0 Å². The van der Waals surface area contributed by atoms with Crippen LogP contribution in [0.25, 0.3) is 0 Å². The van der Waals surface area contributed by atoms with Crippen LogP contribution in [-0.4, -0.2) is 22.7 Å². The zero-order valence-electron chi connectivity index (χ0n) is 12.5. The Kier molecular flexibility index (Phi) is 6.93. The van der Waals surface area contributed by atoms with E-state index in [9.17, 15) is 4.79 Å². The van der Waals surface area contributed by atoms with Crippen LogP contribution in [0.4, 0.5) is 0 Å². The summed E-state index contributed by atoms with van der Waals surface area (Å²) in [5.74, 6) is 1.29. The normalized spacial score (nSPS) is 11.9. The molecule has 1 N–H and O–H groups in total. The van der Waals surface area contributed by atoms with E-state index in [0.29, 0.717) is 5.75 Å². The van der Waals surface area contributed by atoms with Crippen LogP contribution in [0.3, 0.4) is 0 Å². The van der Waals surface area contributed by atoms with Crippen molar-refractivity contribution in [1.29, 1.82) is 0 Å². The lowest BCUT2D eigenvalue weighted by molar-refractivity contribution is -0.119. The summed E-state index contributed by atoms with van der Waals surface area (Å²) in [7, 11) is 0. The van der Waals surface area contributed by atoms with Crippen LogP contribution in [-0.2, 0) is 17.0 Å². The number of rotatable bonds is 7. The largest absolute Gasteiger partial charge is 0.353 e. The second-order valence-corrected chi connectivity index (χ2v) is 7.01. The molecule has 3 nitrogen and oxygen atoms in total. The summed E-state index contributed by atoms with van der Waals surface area (Å²) in [6.45, 7) is 2.03. The molecule has 1 aromatic heterocycles. The van der Waals surface area contributed by atoms with Crippen LogP contribution in [0.2, 0.25) is 0 Å². The second kappa shape index (κ2) is 8.96. The Morgan fingerprint density at radius 2 is 2.05 bits per heavy atom. The Labute approximate surface area is 144 Å². The van der Waals surface area contributed by atoms with E-state index in [1.165, 1.54) is 5.56 Å². The molecule has 0 spiro atoms. The number of halogens is 1. The fourth-order valence-corrected chi connectivity index (χ4v) is 3.09. The Morgan fingerprint density at radius 3 is 2.73 bits per heavy atom. The monoisotopic (exact) mass is 378 g/mol. The van der Waals surface area contributed by atoms with Gasteiger partial charge in [0.25, 0.3) is 0 Å². The predicted octanol–water partition coefficient (Wildman–Crippen LogP) is 3.82. The maximum Gasteiger partial charge on any atom is 0.230 e. The molecule has 2 rings (SSSR count). The lowest BCUT2D eigenvalue weighted by Crippen LogP contribution is -2.35. The van der Waals surface area contributed by atoms with Crippen molar-refractivity contribution >= 4 is 33.6 Å². The van der Waals surface area contributed by atoms with Crippen molar-refractivity contribution < 1.29 is 4.79 Å². The van der Waals surface area contributed by atoms with Crippen LogP contribution in [0.1, 0.15) is 18.2 Å². The van der Waals surface area contributed by atoms with Crippen molar-refractivity contribution in [3.8, 4) is 0 Å². The summed E-state index contributed by atoms with van der Waals surface area (Å²) in [5, 5.41) is 3.04. The number of carbonyl (C=O) groups is 1. The summed E-state index contributed by atoms with van der Waals surface area (Å²) >= 11 is 5.01. The summed E-state index contributed by atoms with van der Waals surface area (Å²) in [4.78, 5) is 16.2. The highest BCUT2D eigenvalue weighted by atomic mass is 79.9. The maximum absolute atomic E-state index is 11.9. The van der Waals surface area contributed by atoms with Gasteiger partial charge >= 0.3 is 0 Å². The number of thioether (sulfide) groups is 1. The minimum Gasteiger partial charge on any atom is -0.353 e. The number of hydrogen-bond donors (Lipinski definition) is 1. The fourth-order valence-electron chi connectivity index (χ4n) is 2.07. The molecule has 0 saturated carbocycles. The first-order valence-corrected chi connectivity index (χ1v) is 9.09. The van der Waals surface area contributed by atoms with Crippen LogP contribution < -0.4 is 5.32 Å². The lowest BCUT2D eigenvalue weighted by atomic mass is 10.1. The van der Waals surface area contributed by atoms with Gasteiger partial charge in [0.05, 0.1) is 11.4 Å². The first kappa shape index (κ1) is 17.0. The molecule has 0 aliphatic heterocycles. The number of nitrogens with one attached hydrogen (secondary N) is 1. The summed E-state index contributed by atoms with van der Waals surface area (Å²) < 4.78 is 1.07. The van der Waals surface area contributed by atoms with Gasteiger partial charge in [-0.3, -0.25) is 9.78 Å². The maximum atomic E-state index is 11.9. The van der Waals surface area contributed by atoms with Crippen molar-refractivity contribution in [2.75, 3.05) is 5.75 Å². The average Bonchev–Trinajstić information content (AvgIpc) is 2.50. The molecule has 1 aromatic carbocycles. The van der Waals surface area contributed by atoms with Gasteiger partial charge < -0.3 is 5.32 Å². The Balaban J connectivity index is 1.68. The van der Waals surface area contributed by atoms with Crippen molar-refractivity contribution in [1.82, 2.24) is 10.3 Å². The molecule has 1 unspecified atom stereocenters. The highest BCUT2D eigenvalue weighted by molar-refractivity contribution is 9.10. The molecule has 2 aromatic rings. The molecular formula is C17H19BrN2OS. The quantitative estimate of drug-likeness (QED) is 0.795. The fraction of sp³-hybridized carbons (Fsp3) is 0.294. The number of amides is 1. The molecule has 0 saturated heterocycles. The van der Waals surface area contributed by atoms with E-state index in [0.717, 1.165) is 22.3 Å². The molecule has 0 fully saturated rings. The summed E-state index contributed by atoms with van der Waals surface area (Å²) in [5.41, 5.74) is 2.22. The van der Waals surface area contributed by atoms with Crippen molar-refractivity contribution in [2.24, 2.45) is 0 Å². The number of benzene rings is 1. The van der Waals surface area contributed by atoms with Crippen LogP contribution in [0.5, 0.6) is 0 Å². The molecule has 0 radical (unpaired) electrons. The smallest absolute Gasteiger partial charge is 0.230 e. The SMILES string of the molecule is CC(Cc1ccc(Br)cc1)NC(=O)CSCc1ccccn1. The Bertz CT molecular complexity index is 589. The van der Waals surface area contributed by atoms with Crippen LogP contribution in [0, 0.1) is 0 Å². The average molecular weight is 379 g/mol. The minimum atomic E-state index is 0.0746. The van der Waals surface area contributed by atoms with Gasteiger partial charge in [0.1, 0.15) is 0 Å². The second-order valence-electron chi connectivity index (χ2n) is 5.11. The summed E-state index contributed by atoms with van der Waals surface area (Å²) in [6.07, 6.45) is 2.61. The first-order valence-electron chi connectivity index (χ1n) is 7.15. The van der Waals surface area contributed by atoms with Gasteiger partial charge in [0, 0.05) is 22.5 Å². The van der Waals surface area contributed by atoms with E-state index >= 15 is 0 Å². The van der Waals surface area contributed by atoms with E-state index in [-0.39, 0.29) is 11.9 Å². The Morgan fingerprint density at radius 1 is 1.27 bits per heavy atom. The highest BCUT2D eigenvalue weighted by Gasteiger charge is 2.08. The standard InChI is InChI=1S/C17H19BrN2OS/c1-13(10-14-5-7-15(18)8-6-14)20-17(21)12-22-11-16-4-2-3-9-19-16/h2-9,13H,10-12H2,1H3,(H,20,21). The van der Waals surface area contributed by atoms with Gasteiger partial charge in [-0.2, -0.15) is 0 Å². The van der Waals surface area contributed by atoms with E-state index in [4.69, 9.17) is 0 Å². The third kappa shape index (κ3) is 6.20. The predicted molar refractivity (Wildman–Crippen MR) is 95.8 cm³/mol. The van der Waals surface area contributed by atoms with Crippen molar-refractivity contribution in [3.05, 3.63) is 64.4 Å². The van der Waals surface area contributed by atoms with Crippen molar-refractivity contribution in [3.63, 3.8) is 0 Å². The number of nitrogens with zero attached hydrogens (tertiary/aromatic N) is 1. The first-order chi connectivity index (χ1) is 10.6. The van der Waals surface area contributed by atoms with Gasteiger partial charge in [-0.25, -0.2) is 0 Å². The molecule has 116 valence electrons. The number of pyridine rings is 1. The molecule has 0 aliphatic rings. The molecule has 5 heteroatoms. The van der Waals surface area contributed by atoms with E-state index in [1.807, 2.05) is 37.3 Å². The van der Waals surface area contributed by atoms with Gasteiger partial charge in [-0.05, 0) is 43.2 Å². The Hall–Kier alpha value is -1.33. The molecule has 0 aliphatic carbocycles. The van der Waals surface area contributed by atoms with Crippen LogP contribution in [0.15, 0.2) is 53.1 Å². The lowest BCUT2D eigenvalue weighted by Gasteiger charge is -2.14. The van der Waals surface area contributed by atoms with Gasteiger partial charge in [0.15, 0.2) is 0 Å². The third-order valence-corrected chi connectivity index (χ3v) is 4.57.